The largest absolute Gasteiger partial charge is 0.618 e. The number of nitrogens with zero attached hydrogens (tertiary/aromatic N) is 2. The molecule has 1 aromatic carbocycles. The molecule has 0 bridgehead atoms. The second-order valence-electron chi connectivity index (χ2n) is 4.43. The molecule has 0 saturated heterocycles. The Morgan fingerprint density at radius 2 is 2.28 bits per heavy atom. The van der Waals surface area contributed by atoms with Gasteiger partial charge in [0.25, 0.3) is 0 Å². The molecule has 3 rings (SSSR count). The number of hydrogen-bond acceptors (Lipinski definition) is 2. The predicted octanol–water partition coefficient (Wildman–Crippen LogP) is 2.10. The lowest BCUT2D eigenvalue weighted by Gasteiger charge is -2.02. The summed E-state index contributed by atoms with van der Waals surface area (Å²) in [6.07, 6.45) is 7.07. The molecule has 0 saturated carbocycles. The van der Waals surface area contributed by atoms with Gasteiger partial charge in [0.15, 0.2) is 6.20 Å². The number of aromatic amines is 1. The second-order valence-corrected chi connectivity index (χ2v) is 4.43. The molecule has 0 aliphatic carbocycles. The van der Waals surface area contributed by atoms with Gasteiger partial charge in [-0.15, -0.1) is 0 Å². The Labute approximate surface area is 105 Å². The number of hydrogen-bond donors (Lipinski definition) is 1. The van der Waals surface area contributed by atoms with Crippen LogP contribution in [0, 0.1) is 12.1 Å². The third-order valence-electron chi connectivity index (χ3n) is 3.09. The van der Waals surface area contributed by atoms with E-state index in [4.69, 9.17) is 0 Å². The maximum absolute atomic E-state index is 11.6. The van der Waals surface area contributed by atoms with Gasteiger partial charge in [-0.1, -0.05) is 11.6 Å². The van der Waals surface area contributed by atoms with E-state index in [2.05, 4.69) is 35.1 Å². The number of aryl methyl sites for hydroxylation is 1. The topological polar surface area (TPSA) is 55.6 Å². The summed E-state index contributed by atoms with van der Waals surface area (Å²) in [4.78, 5) is 7.22. The highest BCUT2D eigenvalue weighted by Crippen LogP contribution is 2.21. The van der Waals surface area contributed by atoms with E-state index in [1.54, 1.807) is 6.20 Å². The van der Waals surface area contributed by atoms with E-state index in [1.165, 1.54) is 23.3 Å². The zero-order valence-corrected chi connectivity index (χ0v) is 10.1. The SMILES string of the molecule is Cc1ccc2[nH]cc(Cc3cncc[n+]3[O-])c2c1. The van der Waals surface area contributed by atoms with Gasteiger partial charge < -0.3 is 10.2 Å². The predicted molar refractivity (Wildman–Crippen MR) is 69.0 cm³/mol. The molecular weight excluding hydrogens is 226 g/mol. The van der Waals surface area contributed by atoms with Crippen molar-refractivity contribution in [1.29, 1.82) is 0 Å². The zero-order chi connectivity index (χ0) is 12.5. The summed E-state index contributed by atoms with van der Waals surface area (Å²) in [5, 5.41) is 12.8. The summed E-state index contributed by atoms with van der Waals surface area (Å²) in [7, 11) is 0. The lowest BCUT2D eigenvalue weighted by molar-refractivity contribution is -0.614. The highest BCUT2D eigenvalue weighted by atomic mass is 16.5. The first kappa shape index (κ1) is 10.8. The van der Waals surface area contributed by atoms with E-state index >= 15 is 0 Å². The van der Waals surface area contributed by atoms with Crippen LogP contribution in [0.5, 0.6) is 0 Å². The lowest BCUT2D eigenvalue weighted by Crippen LogP contribution is -2.31. The van der Waals surface area contributed by atoms with Crippen molar-refractivity contribution < 1.29 is 4.73 Å². The van der Waals surface area contributed by atoms with Gasteiger partial charge in [0.05, 0.1) is 18.8 Å². The van der Waals surface area contributed by atoms with Crippen LogP contribution >= 0.6 is 0 Å². The third-order valence-corrected chi connectivity index (χ3v) is 3.09. The summed E-state index contributed by atoms with van der Waals surface area (Å²) < 4.78 is 0.863. The molecule has 4 nitrogen and oxygen atoms in total. The highest BCUT2D eigenvalue weighted by molar-refractivity contribution is 5.84. The Bertz CT molecular complexity index is 703. The molecule has 0 fully saturated rings. The number of benzene rings is 1. The van der Waals surface area contributed by atoms with Crippen LogP contribution in [-0.4, -0.2) is 9.97 Å². The van der Waals surface area contributed by atoms with Crippen molar-refractivity contribution in [2.24, 2.45) is 0 Å². The van der Waals surface area contributed by atoms with Crippen molar-refractivity contribution in [3.05, 3.63) is 65.0 Å². The number of H-pyrrole nitrogens is 1. The van der Waals surface area contributed by atoms with Gasteiger partial charge in [-0.2, -0.15) is 4.73 Å². The monoisotopic (exact) mass is 239 g/mol. The first-order valence-electron chi connectivity index (χ1n) is 5.83. The average Bonchev–Trinajstić information content (AvgIpc) is 2.75. The van der Waals surface area contributed by atoms with E-state index in [0.717, 1.165) is 15.8 Å². The number of fused-ring (bicyclic) bond motifs is 1. The van der Waals surface area contributed by atoms with Gasteiger partial charge in [0.2, 0.25) is 5.69 Å². The van der Waals surface area contributed by atoms with E-state index in [1.807, 2.05) is 6.20 Å². The summed E-state index contributed by atoms with van der Waals surface area (Å²) in [5.74, 6) is 0. The molecule has 0 atom stereocenters. The van der Waals surface area contributed by atoms with Gasteiger partial charge in [-0.25, -0.2) is 0 Å². The van der Waals surface area contributed by atoms with Crippen LogP contribution in [0.2, 0.25) is 0 Å². The van der Waals surface area contributed by atoms with Gasteiger partial charge in [-0.05, 0) is 24.6 Å². The quantitative estimate of drug-likeness (QED) is 0.550. The van der Waals surface area contributed by atoms with Gasteiger partial charge in [0, 0.05) is 17.1 Å². The molecule has 0 amide bonds. The maximum Gasteiger partial charge on any atom is 0.215 e. The van der Waals surface area contributed by atoms with E-state index < -0.39 is 0 Å². The van der Waals surface area contributed by atoms with Gasteiger partial charge in [-0.3, -0.25) is 4.98 Å². The normalized spacial score (nSPS) is 10.9. The standard InChI is InChI=1S/C14H13N3O/c1-10-2-3-14-13(6-10)11(8-16-14)7-12-9-15-4-5-17(12)18/h2-6,8-9,16H,7H2,1H3. The summed E-state index contributed by atoms with van der Waals surface area (Å²) in [6.45, 7) is 2.06. The molecule has 2 aromatic heterocycles. The highest BCUT2D eigenvalue weighted by Gasteiger charge is 2.10. The zero-order valence-electron chi connectivity index (χ0n) is 10.1. The van der Waals surface area contributed by atoms with Crippen molar-refractivity contribution in [2.45, 2.75) is 13.3 Å². The van der Waals surface area contributed by atoms with Crippen LogP contribution in [0.15, 0.2) is 43.0 Å². The van der Waals surface area contributed by atoms with Crippen LogP contribution in [0.1, 0.15) is 16.8 Å². The summed E-state index contributed by atoms with van der Waals surface area (Å²) >= 11 is 0. The fourth-order valence-electron chi connectivity index (χ4n) is 2.14. The minimum atomic E-state index is 0.584. The molecule has 0 spiro atoms. The average molecular weight is 239 g/mol. The number of aromatic nitrogens is 3. The number of nitrogens with one attached hydrogen (secondary N) is 1. The van der Waals surface area contributed by atoms with E-state index in [0.29, 0.717) is 12.1 Å². The third kappa shape index (κ3) is 1.82. The van der Waals surface area contributed by atoms with Crippen LogP contribution < -0.4 is 4.73 Å². The lowest BCUT2D eigenvalue weighted by atomic mass is 10.1. The molecule has 0 radical (unpaired) electrons. The second kappa shape index (κ2) is 4.14. The van der Waals surface area contributed by atoms with Crippen molar-refractivity contribution in [2.75, 3.05) is 0 Å². The minimum absolute atomic E-state index is 0.584. The molecule has 90 valence electrons. The summed E-state index contributed by atoms with van der Waals surface area (Å²) in [6, 6.07) is 6.26. The van der Waals surface area contributed by atoms with E-state index in [9.17, 15) is 5.21 Å². The first-order chi connectivity index (χ1) is 8.74. The Hall–Kier alpha value is -2.36. The molecule has 2 heterocycles. The molecule has 0 aliphatic heterocycles. The fraction of sp³-hybridized carbons (Fsp3) is 0.143. The van der Waals surface area contributed by atoms with Crippen LogP contribution in [0.3, 0.4) is 0 Å². The molecule has 0 aliphatic rings. The van der Waals surface area contributed by atoms with Gasteiger partial charge in [0.1, 0.15) is 0 Å². The molecular formula is C14H13N3O. The minimum Gasteiger partial charge on any atom is -0.618 e. The Morgan fingerprint density at radius 1 is 1.39 bits per heavy atom. The van der Waals surface area contributed by atoms with Crippen molar-refractivity contribution >= 4 is 10.9 Å². The number of rotatable bonds is 2. The van der Waals surface area contributed by atoms with Crippen molar-refractivity contribution in [1.82, 2.24) is 9.97 Å². The fourth-order valence-corrected chi connectivity index (χ4v) is 2.14. The van der Waals surface area contributed by atoms with Crippen LogP contribution in [-0.2, 0) is 6.42 Å². The molecule has 18 heavy (non-hydrogen) atoms. The van der Waals surface area contributed by atoms with Crippen molar-refractivity contribution in [3.8, 4) is 0 Å². The summed E-state index contributed by atoms with van der Waals surface area (Å²) in [5.41, 5.74) is 4.08. The molecule has 1 N–H and O–H groups in total. The van der Waals surface area contributed by atoms with Gasteiger partial charge >= 0.3 is 0 Å². The Morgan fingerprint density at radius 3 is 3.11 bits per heavy atom. The molecule has 0 unspecified atom stereocenters. The van der Waals surface area contributed by atoms with E-state index in [-0.39, 0.29) is 0 Å². The first-order valence-corrected chi connectivity index (χ1v) is 5.83. The van der Waals surface area contributed by atoms with Crippen LogP contribution in [0.25, 0.3) is 10.9 Å². The Kier molecular flexibility index (Phi) is 2.48. The smallest absolute Gasteiger partial charge is 0.215 e. The molecule has 4 heteroatoms. The van der Waals surface area contributed by atoms with Crippen LogP contribution in [0.4, 0.5) is 0 Å². The molecule has 3 aromatic rings. The Balaban J connectivity index is 2.05. The maximum atomic E-state index is 11.6. The van der Waals surface area contributed by atoms with Crippen molar-refractivity contribution in [3.63, 3.8) is 0 Å².